The van der Waals surface area contributed by atoms with Crippen molar-refractivity contribution in [1.82, 2.24) is 10.4 Å². The maximum Gasteiger partial charge on any atom is 0.533 e. The quantitative estimate of drug-likeness (QED) is 0.354. The normalized spacial score (nSPS) is 8.83. The van der Waals surface area contributed by atoms with E-state index in [0.29, 0.717) is 0 Å². The van der Waals surface area contributed by atoms with Crippen LogP contribution in [0.3, 0.4) is 0 Å². The molecule has 12 heavy (non-hydrogen) atoms. The zero-order valence-electron chi connectivity index (χ0n) is 6.20. The SMILES string of the molecule is CNC(N[P+](=O)S)=C(C#N)C#N. The molecule has 0 aliphatic carbocycles. The van der Waals surface area contributed by atoms with Crippen LogP contribution in [0.2, 0.25) is 0 Å². The summed E-state index contributed by atoms with van der Waals surface area (Å²) >= 11 is 3.57. The van der Waals surface area contributed by atoms with Crippen LogP contribution < -0.4 is 10.4 Å². The highest BCUT2D eigenvalue weighted by Crippen LogP contribution is 2.21. The van der Waals surface area contributed by atoms with Gasteiger partial charge in [-0.05, 0) is 4.57 Å². The molecule has 0 aromatic carbocycles. The van der Waals surface area contributed by atoms with Crippen molar-refractivity contribution in [3.8, 4) is 12.1 Å². The van der Waals surface area contributed by atoms with Crippen molar-refractivity contribution in [2.45, 2.75) is 0 Å². The smallest absolute Gasteiger partial charge is 0.370 e. The Bertz CT molecular complexity index is 284. The molecule has 2 N–H and O–H groups in total. The maximum absolute atomic E-state index is 10.6. The summed E-state index contributed by atoms with van der Waals surface area (Å²) in [5.41, 5.74) is -0.157. The molecule has 1 atom stereocenters. The summed E-state index contributed by atoms with van der Waals surface area (Å²) in [6.45, 7) is 0. The average Bonchev–Trinajstić information content (AvgIpc) is 2.04. The van der Waals surface area contributed by atoms with Gasteiger partial charge in [-0.3, -0.25) is 0 Å². The standard InChI is InChI=1S/C5H5N4OPS/c1-8-5(9-11(10)12)4(2-6)3-7/h8H,1H3,(H-,9,10,12)/p+1. The molecule has 0 fully saturated rings. The van der Waals surface area contributed by atoms with Crippen LogP contribution in [-0.2, 0) is 4.57 Å². The van der Waals surface area contributed by atoms with Gasteiger partial charge in [0.1, 0.15) is 24.4 Å². The van der Waals surface area contributed by atoms with Gasteiger partial charge in [-0.2, -0.15) is 15.6 Å². The minimum absolute atomic E-state index is 0.121. The minimum Gasteiger partial charge on any atom is -0.370 e. The Morgan fingerprint density at radius 1 is 1.50 bits per heavy atom. The van der Waals surface area contributed by atoms with E-state index < -0.39 is 7.15 Å². The molecule has 0 rings (SSSR count). The number of nitrogens with zero attached hydrogens (tertiary/aromatic N) is 2. The van der Waals surface area contributed by atoms with E-state index in [9.17, 15) is 4.57 Å². The molecular formula is C5H6N4OPS+. The molecule has 1 unspecified atom stereocenters. The average molecular weight is 201 g/mol. The van der Waals surface area contributed by atoms with Gasteiger partial charge in [-0.1, -0.05) is 0 Å². The third-order valence-corrected chi connectivity index (χ3v) is 1.65. The highest BCUT2D eigenvalue weighted by molar-refractivity contribution is 8.40. The highest BCUT2D eigenvalue weighted by Gasteiger charge is 2.13. The molecule has 0 saturated carbocycles. The van der Waals surface area contributed by atoms with Gasteiger partial charge in [0.2, 0.25) is 0 Å². The van der Waals surface area contributed by atoms with Crippen molar-refractivity contribution in [3.05, 3.63) is 11.4 Å². The first kappa shape index (κ1) is 10.8. The van der Waals surface area contributed by atoms with E-state index in [-0.39, 0.29) is 11.4 Å². The van der Waals surface area contributed by atoms with Crippen molar-refractivity contribution >= 4 is 19.4 Å². The number of nitrogens with one attached hydrogen (secondary N) is 2. The van der Waals surface area contributed by atoms with Crippen LogP contribution in [0.25, 0.3) is 0 Å². The largest absolute Gasteiger partial charge is 0.533 e. The molecule has 62 valence electrons. The number of hydrogen-bond donors (Lipinski definition) is 3. The molecule has 0 heterocycles. The summed E-state index contributed by atoms with van der Waals surface area (Å²) in [7, 11) is -0.414. The second-order valence-electron chi connectivity index (χ2n) is 1.61. The summed E-state index contributed by atoms with van der Waals surface area (Å²) < 4.78 is 10.6. The predicted molar refractivity (Wildman–Crippen MR) is 47.0 cm³/mol. The lowest BCUT2D eigenvalue weighted by Crippen LogP contribution is -2.18. The van der Waals surface area contributed by atoms with Gasteiger partial charge in [0.15, 0.2) is 11.4 Å². The van der Waals surface area contributed by atoms with Crippen LogP contribution >= 0.6 is 19.4 Å². The molecule has 0 radical (unpaired) electrons. The number of thiol groups is 1. The van der Waals surface area contributed by atoms with E-state index in [1.54, 1.807) is 12.1 Å². The van der Waals surface area contributed by atoms with E-state index in [2.05, 4.69) is 22.7 Å². The Labute approximate surface area is 76.1 Å². The van der Waals surface area contributed by atoms with Crippen LogP contribution in [0.15, 0.2) is 11.4 Å². The zero-order valence-corrected chi connectivity index (χ0v) is 7.99. The molecule has 0 saturated heterocycles. The Hall–Kier alpha value is -1.23. The lowest BCUT2D eigenvalue weighted by Gasteiger charge is -1.98. The van der Waals surface area contributed by atoms with E-state index in [0.717, 1.165) is 0 Å². The third kappa shape index (κ3) is 3.25. The molecule has 0 amide bonds. The fraction of sp³-hybridized carbons (Fsp3) is 0.200. The first-order valence-corrected chi connectivity index (χ1v) is 5.22. The molecule has 0 spiro atoms. The second-order valence-corrected chi connectivity index (χ2v) is 3.47. The lowest BCUT2D eigenvalue weighted by molar-refractivity contribution is 0.591. The number of hydrogen-bond acceptors (Lipinski definition) is 4. The summed E-state index contributed by atoms with van der Waals surface area (Å²) in [5, 5.41) is 21.7. The van der Waals surface area contributed by atoms with Crippen molar-refractivity contribution in [2.24, 2.45) is 0 Å². The topological polar surface area (TPSA) is 88.7 Å². The summed E-state index contributed by atoms with van der Waals surface area (Å²) in [6.07, 6.45) is 0. The van der Waals surface area contributed by atoms with Crippen molar-refractivity contribution in [1.29, 1.82) is 10.5 Å². The van der Waals surface area contributed by atoms with Crippen molar-refractivity contribution in [3.63, 3.8) is 0 Å². The van der Waals surface area contributed by atoms with Gasteiger partial charge in [-0.25, -0.2) is 0 Å². The maximum atomic E-state index is 10.6. The van der Waals surface area contributed by atoms with Gasteiger partial charge in [0, 0.05) is 7.05 Å². The molecule has 0 bridgehead atoms. The van der Waals surface area contributed by atoms with Gasteiger partial charge >= 0.3 is 7.15 Å². The fourth-order valence-corrected chi connectivity index (χ4v) is 1.18. The Kier molecular flexibility index (Phi) is 4.87. The minimum atomic E-state index is -1.92. The number of rotatable bonds is 3. The summed E-state index contributed by atoms with van der Waals surface area (Å²) in [5.74, 6) is 0.121. The Balaban J connectivity index is 4.76. The number of nitriles is 2. The molecule has 0 aliphatic heterocycles. The summed E-state index contributed by atoms with van der Waals surface area (Å²) in [4.78, 5) is 0. The molecule has 7 heteroatoms. The van der Waals surface area contributed by atoms with E-state index in [1.165, 1.54) is 7.05 Å². The zero-order chi connectivity index (χ0) is 9.56. The van der Waals surface area contributed by atoms with Gasteiger partial charge in [0.25, 0.3) is 0 Å². The van der Waals surface area contributed by atoms with Gasteiger partial charge in [-0.15, -0.1) is 0 Å². The van der Waals surface area contributed by atoms with E-state index in [1.807, 2.05) is 0 Å². The van der Waals surface area contributed by atoms with Crippen LogP contribution in [0.1, 0.15) is 0 Å². The molecule has 0 aliphatic rings. The molecular weight excluding hydrogens is 195 g/mol. The Morgan fingerprint density at radius 2 is 2.00 bits per heavy atom. The summed E-state index contributed by atoms with van der Waals surface area (Å²) in [6, 6.07) is 3.28. The van der Waals surface area contributed by atoms with Gasteiger partial charge in [0.05, 0.1) is 0 Å². The molecule has 0 aromatic heterocycles. The Morgan fingerprint density at radius 3 is 2.25 bits per heavy atom. The molecule has 5 nitrogen and oxygen atoms in total. The molecule has 0 aromatic rings. The fourth-order valence-electron chi connectivity index (χ4n) is 0.469. The third-order valence-electron chi connectivity index (χ3n) is 0.931. The van der Waals surface area contributed by atoms with Crippen LogP contribution in [0.5, 0.6) is 0 Å². The lowest BCUT2D eigenvalue weighted by atomic mass is 10.3. The predicted octanol–water partition coefficient (Wildman–Crippen LogP) is 0.641. The number of allylic oxidation sites excluding steroid dienone is 1. The monoisotopic (exact) mass is 201 g/mol. The van der Waals surface area contributed by atoms with Crippen molar-refractivity contribution in [2.75, 3.05) is 7.05 Å². The van der Waals surface area contributed by atoms with Crippen LogP contribution in [-0.4, -0.2) is 7.05 Å². The first-order valence-electron chi connectivity index (χ1n) is 2.80. The van der Waals surface area contributed by atoms with Crippen LogP contribution in [0.4, 0.5) is 0 Å². The van der Waals surface area contributed by atoms with E-state index >= 15 is 0 Å². The van der Waals surface area contributed by atoms with Gasteiger partial charge < -0.3 is 5.32 Å². The second kappa shape index (κ2) is 5.42. The van der Waals surface area contributed by atoms with E-state index in [4.69, 9.17) is 10.5 Å². The van der Waals surface area contributed by atoms with Crippen molar-refractivity contribution < 1.29 is 4.57 Å². The highest BCUT2D eigenvalue weighted by atomic mass is 32.7. The van der Waals surface area contributed by atoms with Crippen LogP contribution in [0, 0.1) is 22.7 Å². The first-order chi connectivity index (χ1) is 5.65.